The summed E-state index contributed by atoms with van der Waals surface area (Å²) >= 11 is 4.25. The van der Waals surface area contributed by atoms with Crippen molar-refractivity contribution in [2.24, 2.45) is 0 Å². The fourth-order valence-electron chi connectivity index (χ4n) is 2.01. The van der Waals surface area contributed by atoms with Gasteiger partial charge in [0.2, 0.25) is 0 Å². The van der Waals surface area contributed by atoms with E-state index >= 15 is 0 Å². The third-order valence-corrected chi connectivity index (χ3v) is 2.99. The van der Waals surface area contributed by atoms with E-state index in [4.69, 9.17) is 16.1 Å². The Morgan fingerprint density at radius 2 is 2.21 bits per heavy atom. The topological polar surface area (TPSA) is 18.5 Å². The molecule has 1 saturated heterocycles. The van der Waals surface area contributed by atoms with Gasteiger partial charge in [-0.05, 0) is 25.7 Å². The minimum atomic E-state index is -0.0159. The van der Waals surface area contributed by atoms with E-state index in [1.54, 1.807) is 6.08 Å². The molecular formula is C15H25BrO2Zn. The van der Waals surface area contributed by atoms with E-state index in [0.29, 0.717) is 0 Å². The normalized spacial score (nSPS) is 20.7. The van der Waals surface area contributed by atoms with Crippen molar-refractivity contribution in [1.29, 1.82) is 0 Å². The molecule has 0 saturated carbocycles. The van der Waals surface area contributed by atoms with Gasteiger partial charge in [-0.3, -0.25) is 6.58 Å². The van der Waals surface area contributed by atoms with Crippen molar-refractivity contribution >= 4 is 13.6 Å². The summed E-state index contributed by atoms with van der Waals surface area (Å²) in [5, 5.41) is 0. The Balaban J connectivity index is 0.00000154. The molecule has 0 aromatic carbocycles. The summed E-state index contributed by atoms with van der Waals surface area (Å²) in [5.74, 6) is 0. The van der Waals surface area contributed by atoms with Crippen molar-refractivity contribution in [1.82, 2.24) is 0 Å². The second-order valence-electron chi connectivity index (χ2n) is 4.54. The van der Waals surface area contributed by atoms with Crippen LogP contribution in [0, 0.1) is 6.58 Å². The van der Waals surface area contributed by atoms with Gasteiger partial charge in [0, 0.05) is 6.61 Å². The molecular weight excluding hydrogens is 357 g/mol. The zero-order valence-electron chi connectivity index (χ0n) is 12.0. The van der Waals surface area contributed by atoms with Gasteiger partial charge >= 0.3 is 30.0 Å². The van der Waals surface area contributed by atoms with Crippen molar-refractivity contribution < 1.29 is 25.8 Å². The van der Waals surface area contributed by atoms with Crippen LogP contribution >= 0.6 is 13.6 Å². The average Bonchev–Trinajstić information content (AvgIpc) is 2.48. The number of halogens is 1. The average molecular weight is 383 g/mol. The van der Waals surface area contributed by atoms with Crippen molar-refractivity contribution in [2.45, 2.75) is 64.3 Å². The summed E-state index contributed by atoms with van der Waals surface area (Å²) < 4.78 is 11.6. The SMILES string of the molecule is [CH-]=C/C=C/C(CCCCC)OC1CCCCO1.[Zn+][Br]. The zero-order chi connectivity index (χ0) is 14.3. The molecule has 1 fully saturated rings. The molecule has 2 unspecified atom stereocenters. The number of hydrogen-bond donors (Lipinski definition) is 0. The van der Waals surface area contributed by atoms with Crippen LogP contribution in [0.2, 0.25) is 0 Å². The third kappa shape index (κ3) is 10.9. The van der Waals surface area contributed by atoms with Gasteiger partial charge in [0.25, 0.3) is 0 Å². The molecule has 1 aliphatic rings. The molecule has 0 spiro atoms. The number of hydrogen-bond acceptors (Lipinski definition) is 2. The first kappa shape index (κ1) is 19.5. The second kappa shape index (κ2) is 14.9. The summed E-state index contributed by atoms with van der Waals surface area (Å²) in [6.45, 7) is 8.41. The van der Waals surface area contributed by atoms with E-state index in [2.05, 4.69) is 20.5 Å². The molecule has 0 bridgehead atoms. The van der Waals surface area contributed by atoms with Crippen LogP contribution in [0.3, 0.4) is 0 Å². The summed E-state index contributed by atoms with van der Waals surface area (Å²) in [4.78, 5) is 0. The fraction of sp³-hybridized carbons (Fsp3) is 0.733. The summed E-state index contributed by atoms with van der Waals surface area (Å²) in [5.41, 5.74) is 0. The molecule has 2 atom stereocenters. The van der Waals surface area contributed by atoms with Gasteiger partial charge in [0.15, 0.2) is 6.29 Å². The zero-order valence-corrected chi connectivity index (χ0v) is 16.6. The first-order chi connectivity index (χ1) is 9.36. The maximum absolute atomic E-state index is 5.96. The van der Waals surface area contributed by atoms with Crippen LogP contribution in [-0.2, 0) is 25.8 Å². The van der Waals surface area contributed by atoms with E-state index in [1.807, 2.05) is 12.2 Å². The second-order valence-corrected chi connectivity index (χ2v) is 4.54. The molecule has 0 N–H and O–H groups in total. The summed E-state index contributed by atoms with van der Waals surface area (Å²) in [6.07, 6.45) is 13.7. The number of rotatable bonds is 8. The predicted molar refractivity (Wildman–Crippen MR) is 79.5 cm³/mol. The van der Waals surface area contributed by atoms with Crippen molar-refractivity contribution in [3.8, 4) is 0 Å². The quantitative estimate of drug-likeness (QED) is 0.258. The van der Waals surface area contributed by atoms with Crippen LogP contribution < -0.4 is 0 Å². The molecule has 0 aliphatic carbocycles. The molecule has 19 heavy (non-hydrogen) atoms. The van der Waals surface area contributed by atoms with Crippen LogP contribution in [-0.4, -0.2) is 19.0 Å². The van der Waals surface area contributed by atoms with Crippen LogP contribution in [0.5, 0.6) is 0 Å². The Bertz CT molecular complexity index is 228. The molecule has 0 aromatic heterocycles. The summed E-state index contributed by atoms with van der Waals surface area (Å²) in [7, 11) is 0. The number of allylic oxidation sites excluding steroid dienone is 2. The number of unbranched alkanes of at least 4 members (excludes halogenated alkanes) is 2. The molecule has 1 rings (SSSR count). The molecule has 1 aliphatic heterocycles. The van der Waals surface area contributed by atoms with E-state index in [-0.39, 0.29) is 12.4 Å². The van der Waals surface area contributed by atoms with Gasteiger partial charge in [-0.2, -0.15) is 0 Å². The molecule has 0 radical (unpaired) electrons. The van der Waals surface area contributed by atoms with Crippen molar-refractivity contribution in [3.63, 3.8) is 0 Å². The Morgan fingerprint density at radius 1 is 1.42 bits per heavy atom. The van der Waals surface area contributed by atoms with Gasteiger partial charge in [-0.15, -0.1) is 6.08 Å². The minimum absolute atomic E-state index is 0.0159. The van der Waals surface area contributed by atoms with Gasteiger partial charge in [0.05, 0.1) is 6.10 Å². The van der Waals surface area contributed by atoms with Crippen LogP contribution in [0.4, 0.5) is 0 Å². The first-order valence-electron chi connectivity index (χ1n) is 7.12. The Kier molecular flexibility index (Phi) is 15.3. The van der Waals surface area contributed by atoms with Crippen LogP contribution in [0.25, 0.3) is 0 Å². The van der Waals surface area contributed by atoms with Crippen LogP contribution in [0.1, 0.15) is 51.9 Å². The Labute approximate surface area is 135 Å². The van der Waals surface area contributed by atoms with Crippen molar-refractivity contribution in [2.75, 3.05) is 6.61 Å². The number of ether oxygens (including phenoxy) is 2. The van der Waals surface area contributed by atoms with Crippen molar-refractivity contribution in [3.05, 3.63) is 24.8 Å². The van der Waals surface area contributed by atoms with Gasteiger partial charge in [0.1, 0.15) is 0 Å². The van der Waals surface area contributed by atoms with Gasteiger partial charge < -0.3 is 9.47 Å². The fourth-order valence-corrected chi connectivity index (χ4v) is 2.01. The molecule has 4 heteroatoms. The molecule has 0 aromatic rings. The molecule has 0 amide bonds. The van der Waals surface area contributed by atoms with E-state index in [1.165, 1.54) is 42.0 Å². The van der Waals surface area contributed by atoms with E-state index in [9.17, 15) is 0 Å². The molecule has 106 valence electrons. The maximum atomic E-state index is 5.96. The Hall–Kier alpha value is 0.503. The van der Waals surface area contributed by atoms with Crippen LogP contribution in [0.15, 0.2) is 18.2 Å². The molecule has 2 nitrogen and oxygen atoms in total. The summed E-state index contributed by atoms with van der Waals surface area (Å²) in [6, 6.07) is 0. The third-order valence-electron chi connectivity index (χ3n) is 2.99. The predicted octanol–water partition coefficient (Wildman–Crippen LogP) is 4.87. The van der Waals surface area contributed by atoms with E-state index < -0.39 is 0 Å². The molecule has 1 heterocycles. The van der Waals surface area contributed by atoms with Gasteiger partial charge in [-0.25, -0.2) is 12.2 Å². The Morgan fingerprint density at radius 3 is 2.79 bits per heavy atom. The van der Waals surface area contributed by atoms with E-state index in [0.717, 1.165) is 25.9 Å². The standard InChI is InChI=1S/C15H25O2.BrH.Zn/c1-3-5-7-11-14(10-6-4-2)17-15-12-8-9-13-16-15;;/h2,4,6,10,14-15H,3,5,7-9,11-13H2,1H3;1H;/q-1;;+2/p-1/b10-6+;;. The monoisotopic (exact) mass is 380 g/mol. The van der Waals surface area contributed by atoms with Gasteiger partial charge in [-0.1, -0.05) is 26.2 Å². The first-order valence-corrected chi connectivity index (χ1v) is 14.1.